The molecule has 0 N–H and O–H groups in total. The van der Waals surface area contributed by atoms with E-state index in [4.69, 9.17) is 0 Å². The molecule has 9 heteroatoms. The van der Waals surface area contributed by atoms with Gasteiger partial charge >= 0.3 is 0 Å². The van der Waals surface area contributed by atoms with E-state index in [9.17, 15) is 22.0 Å². The van der Waals surface area contributed by atoms with Crippen LogP contribution in [0.5, 0.6) is 0 Å². The van der Waals surface area contributed by atoms with Crippen molar-refractivity contribution in [1.29, 1.82) is 0 Å². The maximum absolute atomic E-state index is 15.8. The first-order chi connectivity index (χ1) is 24.8. The molecule has 0 aliphatic heterocycles. The van der Waals surface area contributed by atoms with Crippen molar-refractivity contribution in [3.63, 3.8) is 0 Å². The molecule has 0 aliphatic rings. The predicted molar refractivity (Wildman–Crippen MR) is 190 cm³/mol. The number of hydrogen-bond donors (Lipinski definition) is 0. The van der Waals surface area contributed by atoms with E-state index in [2.05, 4.69) is 0 Å². The summed E-state index contributed by atoms with van der Waals surface area (Å²) in [6, 6.07) is 36.9. The van der Waals surface area contributed by atoms with Crippen molar-refractivity contribution in [3.8, 4) is 11.4 Å². The second kappa shape index (κ2) is 11.6. The third kappa shape index (κ3) is 4.84. The number of aromatic nitrogens is 2. The molecule has 9 aromatic rings. The van der Waals surface area contributed by atoms with Gasteiger partial charge in [-0.2, -0.15) is 0 Å². The summed E-state index contributed by atoms with van der Waals surface area (Å²) in [6.45, 7) is 0. The van der Waals surface area contributed by atoms with E-state index in [1.165, 1.54) is 24.3 Å². The normalized spacial score (nSPS) is 11.7. The molecular weight excluding hydrogens is 660 g/mol. The fourth-order valence-electron chi connectivity index (χ4n) is 7.09. The minimum Gasteiger partial charge on any atom is -0.309 e. The molecule has 0 spiro atoms. The lowest BCUT2D eigenvalue weighted by Gasteiger charge is -2.26. The minimum absolute atomic E-state index is 0.0868. The summed E-state index contributed by atoms with van der Waals surface area (Å²) in [5, 5.41) is 3.17. The maximum atomic E-state index is 15.8. The van der Waals surface area contributed by atoms with Gasteiger partial charge in [0, 0.05) is 62.5 Å². The van der Waals surface area contributed by atoms with Crippen LogP contribution in [0.4, 0.5) is 43.4 Å². The summed E-state index contributed by atoms with van der Waals surface area (Å²) in [6.07, 6.45) is 0. The zero-order valence-electron chi connectivity index (χ0n) is 26.4. The molecule has 0 amide bonds. The second-order valence-electron chi connectivity index (χ2n) is 12.2. The first-order valence-electron chi connectivity index (χ1n) is 16.0. The van der Waals surface area contributed by atoms with Crippen LogP contribution in [0.2, 0.25) is 0 Å². The Balaban J connectivity index is 1.29. The molecule has 7 aromatic carbocycles. The van der Waals surface area contributed by atoms with E-state index in [-0.39, 0.29) is 5.69 Å². The summed E-state index contributed by atoms with van der Waals surface area (Å²) in [5.41, 5.74) is 4.95. The highest BCUT2D eigenvalue weighted by Crippen LogP contribution is 2.43. The van der Waals surface area contributed by atoms with Crippen LogP contribution in [0.25, 0.3) is 55.0 Å². The van der Waals surface area contributed by atoms with E-state index in [1.54, 1.807) is 17.0 Å². The Labute approximate surface area is 286 Å². The van der Waals surface area contributed by atoms with Gasteiger partial charge in [-0.15, -0.1) is 0 Å². The topological polar surface area (TPSA) is 13.1 Å². The smallest absolute Gasteiger partial charge is 0.160 e. The fourth-order valence-corrected chi connectivity index (χ4v) is 7.09. The van der Waals surface area contributed by atoms with Crippen LogP contribution in [0.15, 0.2) is 140 Å². The number of para-hydroxylation sites is 2. The van der Waals surface area contributed by atoms with Crippen molar-refractivity contribution < 1.29 is 26.3 Å². The van der Waals surface area contributed by atoms with Crippen molar-refractivity contribution in [2.24, 2.45) is 0 Å². The molecule has 3 nitrogen and oxygen atoms in total. The van der Waals surface area contributed by atoms with Gasteiger partial charge in [-0.3, -0.25) is 0 Å². The van der Waals surface area contributed by atoms with Crippen LogP contribution < -0.4 is 4.90 Å². The summed E-state index contributed by atoms with van der Waals surface area (Å²) >= 11 is 0. The fraction of sp³-hybridized carbons (Fsp3) is 0. The molecule has 0 saturated carbocycles. The van der Waals surface area contributed by atoms with Crippen LogP contribution in [0.3, 0.4) is 0 Å². The van der Waals surface area contributed by atoms with Gasteiger partial charge in [0.1, 0.15) is 11.6 Å². The second-order valence-corrected chi connectivity index (χ2v) is 12.2. The molecule has 0 saturated heterocycles. The van der Waals surface area contributed by atoms with Crippen LogP contribution in [-0.2, 0) is 0 Å². The summed E-state index contributed by atoms with van der Waals surface area (Å²) in [4.78, 5) is 1.68. The number of halogens is 6. The lowest BCUT2D eigenvalue weighted by molar-refractivity contribution is 0.508. The highest BCUT2D eigenvalue weighted by Gasteiger charge is 2.22. The molecule has 0 aliphatic carbocycles. The van der Waals surface area contributed by atoms with Crippen molar-refractivity contribution in [2.45, 2.75) is 0 Å². The SMILES string of the molecule is Fc1ccc(N(c2ccc3c(c2)c2ccccc2n3-c2ccc(F)c(F)c2)c2ccc3c(c2)c2ccccc2n3-c2ccc(F)c(F)c2)c(F)c1. The van der Waals surface area contributed by atoms with Gasteiger partial charge < -0.3 is 14.0 Å². The number of benzene rings is 7. The number of hydrogen-bond acceptors (Lipinski definition) is 1. The van der Waals surface area contributed by atoms with Crippen LogP contribution in [-0.4, -0.2) is 9.13 Å². The zero-order chi connectivity index (χ0) is 35.0. The van der Waals surface area contributed by atoms with Crippen molar-refractivity contribution in [1.82, 2.24) is 9.13 Å². The van der Waals surface area contributed by atoms with Crippen molar-refractivity contribution in [3.05, 3.63) is 174 Å². The third-order valence-electron chi connectivity index (χ3n) is 9.30. The van der Waals surface area contributed by atoms with Gasteiger partial charge in [-0.1, -0.05) is 36.4 Å². The van der Waals surface area contributed by atoms with Gasteiger partial charge in [-0.25, -0.2) is 26.3 Å². The van der Waals surface area contributed by atoms with Gasteiger partial charge in [0.25, 0.3) is 0 Å². The molecule has 0 unspecified atom stereocenters. The Kier molecular flexibility index (Phi) is 6.93. The Morgan fingerprint density at radius 3 is 1.29 bits per heavy atom. The standard InChI is InChI=1S/C42H23F6N3/c43-24-9-16-42(37(48)19-24)49(25-12-17-40-31(20-25)29-5-1-3-7-38(29)50(40)27-10-14-33(44)35(46)22-27)26-13-18-41-32(21-26)30-6-2-4-8-39(30)51(41)28-11-15-34(45)36(47)23-28/h1-23H. The van der Waals surface area contributed by atoms with Crippen LogP contribution in [0, 0.1) is 34.9 Å². The highest BCUT2D eigenvalue weighted by molar-refractivity contribution is 6.12. The molecule has 0 radical (unpaired) electrons. The Morgan fingerprint density at radius 1 is 0.353 bits per heavy atom. The maximum Gasteiger partial charge on any atom is 0.160 e. The van der Waals surface area contributed by atoms with Crippen molar-refractivity contribution in [2.75, 3.05) is 4.90 Å². The van der Waals surface area contributed by atoms with Gasteiger partial charge in [-0.05, 0) is 84.9 Å². The quantitative estimate of drug-likeness (QED) is 0.165. The summed E-state index contributed by atoms with van der Waals surface area (Å²) in [7, 11) is 0. The van der Waals surface area contributed by atoms with Crippen LogP contribution in [0.1, 0.15) is 0 Å². The van der Waals surface area contributed by atoms with E-state index in [0.29, 0.717) is 33.8 Å². The van der Waals surface area contributed by atoms with E-state index in [0.717, 1.165) is 62.9 Å². The van der Waals surface area contributed by atoms with E-state index < -0.39 is 34.9 Å². The molecule has 0 atom stereocenters. The predicted octanol–water partition coefficient (Wildman–Crippen LogP) is 12.2. The molecule has 2 aromatic heterocycles. The first kappa shape index (κ1) is 30.6. The van der Waals surface area contributed by atoms with Gasteiger partial charge in [0.05, 0.1) is 27.8 Å². The molecule has 9 rings (SSSR count). The van der Waals surface area contributed by atoms with Gasteiger partial charge in [0.2, 0.25) is 0 Å². The Hall–Kier alpha value is -6.48. The largest absolute Gasteiger partial charge is 0.309 e. The average molecular weight is 684 g/mol. The zero-order valence-corrected chi connectivity index (χ0v) is 26.4. The number of anilines is 3. The Morgan fingerprint density at radius 2 is 0.824 bits per heavy atom. The molecule has 0 fully saturated rings. The highest BCUT2D eigenvalue weighted by atomic mass is 19.2. The van der Waals surface area contributed by atoms with Crippen molar-refractivity contribution >= 4 is 60.7 Å². The molecule has 0 bridgehead atoms. The summed E-state index contributed by atoms with van der Waals surface area (Å²) < 4.78 is 90.4. The van der Waals surface area contributed by atoms with E-state index >= 15 is 4.39 Å². The number of fused-ring (bicyclic) bond motifs is 6. The molecule has 248 valence electrons. The summed E-state index contributed by atoms with van der Waals surface area (Å²) in [5.74, 6) is -5.38. The average Bonchev–Trinajstić information content (AvgIpc) is 3.64. The minimum atomic E-state index is -0.977. The monoisotopic (exact) mass is 683 g/mol. The van der Waals surface area contributed by atoms with Crippen LogP contribution >= 0.6 is 0 Å². The first-order valence-corrected chi connectivity index (χ1v) is 16.0. The molecule has 51 heavy (non-hydrogen) atoms. The van der Waals surface area contributed by atoms with Gasteiger partial charge in [0.15, 0.2) is 23.3 Å². The molecular formula is C42H23F6N3. The lowest BCUT2D eigenvalue weighted by atomic mass is 10.1. The Bertz CT molecular complexity index is 2680. The number of rotatable bonds is 5. The lowest BCUT2D eigenvalue weighted by Crippen LogP contribution is -2.12. The van der Waals surface area contributed by atoms with E-state index in [1.807, 2.05) is 81.9 Å². The third-order valence-corrected chi connectivity index (χ3v) is 9.30. The molecule has 2 heterocycles. The number of nitrogens with zero attached hydrogens (tertiary/aromatic N) is 3.